The van der Waals surface area contributed by atoms with Crippen LogP contribution in [0.1, 0.15) is 32.3 Å². The Labute approximate surface area is 152 Å². The van der Waals surface area contributed by atoms with Gasteiger partial charge in [-0.25, -0.2) is 0 Å². The molecule has 140 valence electrons. The smallest absolute Gasteiger partial charge is 0.317 e. The summed E-state index contributed by atoms with van der Waals surface area (Å²) in [5.41, 5.74) is 6.53. The number of benzene rings is 1. The Balaban J connectivity index is 2.03. The quantitative estimate of drug-likeness (QED) is 0.739. The number of carbonyl (C=O) groups excluding carboxylic acids is 3. The average molecular weight is 361 g/mol. The Hall–Kier alpha value is -2.83. The molecule has 26 heavy (non-hydrogen) atoms. The Kier molecular flexibility index (Phi) is 6.77. The molecule has 0 saturated heterocycles. The van der Waals surface area contributed by atoms with Crippen LogP contribution in [0.15, 0.2) is 42.3 Å². The Bertz CT molecular complexity index is 685. The first kappa shape index (κ1) is 19.5. The SMILES string of the molecule is CC(=O)CCC(=O)O[C@@H]1C=C(N)O[C@H](C)[C@@H]1C(=O)OCc1ccccc1. The fraction of sp³-hybridized carbons (Fsp3) is 0.421. The van der Waals surface area contributed by atoms with E-state index in [1.807, 2.05) is 30.3 Å². The molecule has 7 heteroatoms. The van der Waals surface area contributed by atoms with E-state index in [0.29, 0.717) is 0 Å². The second-order valence-corrected chi connectivity index (χ2v) is 6.17. The van der Waals surface area contributed by atoms with Crippen LogP contribution >= 0.6 is 0 Å². The van der Waals surface area contributed by atoms with E-state index in [2.05, 4.69) is 0 Å². The van der Waals surface area contributed by atoms with Crippen LogP contribution in [0.25, 0.3) is 0 Å². The van der Waals surface area contributed by atoms with Crippen LogP contribution in [-0.4, -0.2) is 29.9 Å². The zero-order valence-electron chi connectivity index (χ0n) is 14.8. The third-order valence-corrected chi connectivity index (χ3v) is 3.95. The summed E-state index contributed by atoms with van der Waals surface area (Å²) in [7, 11) is 0. The van der Waals surface area contributed by atoms with Crippen LogP contribution < -0.4 is 5.73 Å². The summed E-state index contributed by atoms with van der Waals surface area (Å²) in [6.45, 7) is 3.16. The number of hydrogen-bond acceptors (Lipinski definition) is 7. The van der Waals surface area contributed by atoms with Gasteiger partial charge in [-0.2, -0.15) is 0 Å². The van der Waals surface area contributed by atoms with Gasteiger partial charge in [0, 0.05) is 12.5 Å². The van der Waals surface area contributed by atoms with Crippen molar-refractivity contribution in [3.8, 4) is 0 Å². The number of nitrogens with two attached hydrogens (primary N) is 1. The topological polar surface area (TPSA) is 105 Å². The number of ketones is 1. The molecule has 0 aliphatic carbocycles. The molecule has 1 aromatic rings. The highest BCUT2D eigenvalue weighted by Crippen LogP contribution is 2.26. The minimum atomic E-state index is -0.901. The summed E-state index contributed by atoms with van der Waals surface area (Å²) >= 11 is 0. The normalized spacial score (nSPS) is 21.9. The van der Waals surface area contributed by atoms with Crippen LogP contribution in [0.4, 0.5) is 0 Å². The molecule has 0 unspecified atom stereocenters. The van der Waals surface area contributed by atoms with Gasteiger partial charge in [0.1, 0.15) is 30.5 Å². The Morgan fingerprint density at radius 2 is 1.85 bits per heavy atom. The van der Waals surface area contributed by atoms with E-state index >= 15 is 0 Å². The van der Waals surface area contributed by atoms with E-state index in [0.717, 1.165) is 5.56 Å². The van der Waals surface area contributed by atoms with Crippen molar-refractivity contribution in [2.45, 2.75) is 45.5 Å². The lowest BCUT2D eigenvalue weighted by Gasteiger charge is -2.32. The molecule has 3 atom stereocenters. The number of carbonyl (C=O) groups is 3. The second-order valence-electron chi connectivity index (χ2n) is 6.17. The molecule has 1 aromatic carbocycles. The molecule has 0 aromatic heterocycles. The van der Waals surface area contributed by atoms with Crippen LogP contribution in [0.3, 0.4) is 0 Å². The fourth-order valence-electron chi connectivity index (χ4n) is 2.61. The first-order chi connectivity index (χ1) is 12.4. The molecular formula is C19H23NO6. The highest BCUT2D eigenvalue weighted by atomic mass is 16.6. The first-order valence-electron chi connectivity index (χ1n) is 8.40. The number of esters is 2. The molecule has 0 fully saturated rings. The molecule has 2 rings (SSSR count). The van der Waals surface area contributed by atoms with Crippen molar-refractivity contribution in [3.05, 3.63) is 47.9 Å². The molecular weight excluding hydrogens is 338 g/mol. The van der Waals surface area contributed by atoms with E-state index in [-0.39, 0.29) is 31.1 Å². The van der Waals surface area contributed by atoms with Gasteiger partial charge in [0.25, 0.3) is 0 Å². The van der Waals surface area contributed by atoms with Gasteiger partial charge >= 0.3 is 11.9 Å². The number of rotatable bonds is 7. The maximum atomic E-state index is 12.5. The van der Waals surface area contributed by atoms with Gasteiger partial charge in [-0.15, -0.1) is 0 Å². The van der Waals surface area contributed by atoms with Crippen molar-refractivity contribution in [1.29, 1.82) is 0 Å². The van der Waals surface area contributed by atoms with Gasteiger partial charge in [0.15, 0.2) is 5.88 Å². The van der Waals surface area contributed by atoms with Crippen molar-refractivity contribution >= 4 is 17.7 Å². The largest absolute Gasteiger partial charge is 0.475 e. The van der Waals surface area contributed by atoms with Gasteiger partial charge in [0.05, 0.1) is 6.42 Å². The average Bonchev–Trinajstić information content (AvgIpc) is 2.58. The van der Waals surface area contributed by atoms with Crippen molar-refractivity contribution in [2.24, 2.45) is 11.7 Å². The van der Waals surface area contributed by atoms with Gasteiger partial charge in [-0.3, -0.25) is 9.59 Å². The van der Waals surface area contributed by atoms with Crippen LogP contribution in [-0.2, 0) is 35.2 Å². The molecule has 0 amide bonds. The summed E-state index contributed by atoms with van der Waals surface area (Å²) in [5.74, 6) is -2.00. The van der Waals surface area contributed by atoms with Gasteiger partial charge in [0.2, 0.25) is 0 Å². The lowest BCUT2D eigenvalue weighted by Crippen LogP contribution is -2.44. The minimum Gasteiger partial charge on any atom is -0.475 e. The van der Waals surface area contributed by atoms with Crippen molar-refractivity contribution in [3.63, 3.8) is 0 Å². The predicted molar refractivity (Wildman–Crippen MR) is 92.3 cm³/mol. The van der Waals surface area contributed by atoms with E-state index in [4.69, 9.17) is 19.9 Å². The highest BCUT2D eigenvalue weighted by molar-refractivity contribution is 5.81. The van der Waals surface area contributed by atoms with E-state index < -0.39 is 30.1 Å². The van der Waals surface area contributed by atoms with Crippen molar-refractivity contribution < 1.29 is 28.6 Å². The van der Waals surface area contributed by atoms with E-state index in [1.165, 1.54) is 13.0 Å². The number of ether oxygens (including phenoxy) is 3. The maximum absolute atomic E-state index is 12.5. The Morgan fingerprint density at radius 1 is 1.15 bits per heavy atom. The fourth-order valence-corrected chi connectivity index (χ4v) is 2.61. The summed E-state index contributed by atoms with van der Waals surface area (Å²) < 4.78 is 16.1. The van der Waals surface area contributed by atoms with Gasteiger partial charge in [-0.1, -0.05) is 30.3 Å². The molecule has 2 N–H and O–H groups in total. The monoisotopic (exact) mass is 361 g/mol. The molecule has 1 heterocycles. The molecule has 1 aliphatic rings. The van der Waals surface area contributed by atoms with Gasteiger partial charge in [-0.05, 0) is 19.4 Å². The van der Waals surface area contributed by atoms with Crippen molar-refractivity contribution in [2.75, 3.05) is 0 Å². The third-order valence-electron chi connectivity index (χ3n) is 3.95. The summed E-state index contributed by atoms with van der Waals surface area (Å²) in [6.07, 6.45) is -0.115. The van der Waals surface area contributed by atoms with Crippen LogP contribution in [0, 0.1) is 5.92 Å². The van der Waals surface area contributed by atoms with Crippen LogP contribution in [0.2, 0.25) is 0 Å². The molecule has 7 nitrogen and oxygen atoms in total. The third kappa shape index (κ3) is 5.61. The molecule has 0 spiro atoms. The predicted octanol–water partition coefficient (Wildman–Crippen LogP) is 1.85. The number of hydrogen-bond donors (Lipinski definition) is 1. The first-order valence-corrected chi connectivity index (χ1v) is 8.40. The lowest BCUT2D eigenvalue weighted by atomic mass is 9.94. The van der Waals surface area contributed by atoms with E-state index in [9.17, 15) is 14.4 Å². The number of Topliss-reactive ketones (excluding diaryl/α,β-unsaturated/α-hetero) is 1. The molecule has 0 radical (unpaired) electrons. The summed E-state index contributed by atoms with van der Waals surface area (Å²) in [6, 6.07) is 9.24. The summed E-state index contributed by atoms with van der Waals surface area (Å²) in [5, 5.41) is 0. The standard InChI is InChI=1S/C19H23NO6/c1-12(21)8-9-17(22)26-15-10-16(20)25-13(2)18(15)19(23)24-11-14-6-4-3-5-7-14/h3-7,10,13,15,18H,8-9,11,20H2,1-2H3/t13-,15-,18+/m1/s1. The van der Waals surface area contributed by atoms with Crippen molar-refractivity contribution in [1.82, 2.24) is 0 Å². The zero-order chi connectivity index (χ0) is 19.1. The molecule has 0 saturated carbocycles. The van der Waals surface area contributed by atoms with E-state index in [1.54, 1.807) is 6.92 Å². The zero-order valence-corrected chi connectivity index (χ0v) is 14.8. The summed E-state index contributed by atoms with van der Waals surface area (Å²) in [4.78, 5) is 35.5. The minimum absolute atomic E-state index is 0.0550. The second kappa shape index (κ2) is 9.03. The highest BCUT2D eigenvalue weighted by Gasteiger charge is 2.40. The van der Waals surface area contributed by atoms with Crippen LogP contribution in [0.5, 0.6) is 0 Å². The molecule has 0 bridgehead atoms. The maximum Gasteiger partial charge on any atom is 0.317 e. The lowest BCUT2D eigenvalue weighted by molar-refractivity contribution is -0.168. The van der Waals surface area contributed by atoms with Gasteiger partial charge < -0.3 is 24.7 Å². The molecule has 1 aliphatic heterocycles. The Morgan fingerprint density at radius 3 is 2.50 bits per heavy atom.